The molecule has 6 heteroatoms. The van der Waals surface area contributed by atoms with Gasteiger partial charge in [-0.1, -0.05) is 19.1 Å². The van der Waals surface area contributed by atoms with Gasteiger partial charge in [0.05, 0.1) is 5.25 Å². The number of hydrogen-bond donors (Lipinski definition) is 2. The molecular weight excluding hydrogens is 276 g/mol. The Morgan fingerprint density at radius 1 is 1.35 bits per heavy atom. The molecule has 0 radical (unpaired) electrons. The molecule has 0 saturated heterocycles. The van der Waals surface area contributed by atoms with E-state index in [4.69, 9.17) is 4.74 Å². The van der Waals surface area contributed by atoms with Gasteiger partial charge in [0.25, 0.3) is 0 Å². The summed E-state index contributed by atoms with van der Waals surface area (Å²) in [6, 6.07) is 7.67. The van der Waals surface area contributed by atoms with E-state index < -0.39 is 15.3 Å². The minimum atomic E-state index is -3.29. The lowest BCUT2D eigenvalue weighted by Crippen LogP contribution is -2.40. The first-order chi connectivity index (χ1) is 9.45. The van der Waals surface area contributed by atoms with E-state index >= 15 is 0 Å². The Kier molecular flexibility index (Phi) is 6.98. The number of nitrogens with one attached hydrogen (secondary N) is 2. The van der Waals surface area contributed by atoms with Crippen molar-refractivity contribution in [2.24, 2.45) is 0 Å². The minimum Gasteiger partial charge on any atom is -0.492 e. The molecule has 0 heterocycles. The summed E-state index contributed by atoms with van der Waals surface area (Å²) < 4.78 is 31.9. The van der Waals surface area contributed by atoms with Crippen LogP contribution in [0, 0.1) is 6.92 Å². The van der Waals surface area contributed by atoms with Crippen molar-refractivity contribution in [3.05, 3.63) is 29.8 Å². The second-order valence-corrected chi connectivity index (χ2v) is 6.91. The largest absolute Gasteiger partial charge is 0.492 e. The number of aryl methyl sites for hydroxylation is 1. The normalized spacial score (nSPS) is 13.2. The highest BCUT2D eigenvalue weighted by molar-refractivity contribution is 7.90. The molecule has 0 aliphatic rings. The van der Waals surface area contributed by atoms with E-state index in [1.54, 1.807) is 6.92 Å². The van der Waals surface area contributed by atoms with E-state index in [-0.39, 0.29) is 6.54 Å². The predicted molar refractivity (Wildman–Crippen MR) is 81.6 cm³/mol. The third-order valence-electron chi connectivity index (χ3n) is 2.88. The molecule has 1 aromatic carbocycles. The van der Waals surface area contributed by atoms with Crippen molar-refractivity contribution in [2.45, 2.75) is 26.0 Å². The first-order valence-corrected chi connectivity index (χ1v) is 8.39. The van der Waals surface area contributed by atoms with Gasteiger partial charge in [0.1, 0.15) is 12.4 Å². The highest BCUT2D eigenvalue weighted by Gasteiger charge is 2.19. The Morgan fingerprint density at radius 2 is 2.10 bits per heavy atom. The molecule has 0 fully saturated rings. The van der Waals surface area contributed by atoms with Crippen LogP contribution in [0.3, 0.4) is 0 Å². The number of hydrogen-bond acceptors (Lipinski definition) is 4. The molecular formula is C14H24N2O3S. The van der Waals surface area contributed by atoms with Crippen LogP contribution in [0.15, 0.2) is 24.3 Å². The van der Waals surface area contributed by atoms with Gasteiger partial charge in [0.2, 0.25) is 10.0 Å². The zero-order valence-electron chi connectivity index (χ0n) is 12.3. The van der Waals surface area contributed by atoms with Crippen molar-refractivity contribution in [1.29, 1.82) is 0 Å². The minimum absolute atomic E-state index is 0.271. The monoisotopic (exact) mass is 300 g/mol. The van der Waals surface area contributed by atoms with Crippen molar-refractivity contribution in [2.75, 3.05) is 26.2 Å². The molecule has 0 spiro atoms. The Labute approximate surface area is 121 Å². The molecule has 0 amide bonds. The summed E-state index contributed by atoms with van der Waals surface area (Å²) in [6.45, 7) is 7.41. The van der Waals surface area contributed by atoms with Crippen molar-refractivity contribution in [3.8, 4) is 5.75 Å². The van der Waals surface area contributed by atoms with E-state index in [0.717, 1.165) is 17.9 Å². The predicted octanol–water partition coefficient (Wildman–Crippen LogP) is 1.29. The fraction of sp³-hybridized carbons (Fsp3) is 0.571. The van der Waals surface area contributed by atoms with Crippen LogP contribution in [0.1, 0.15) is 19.4 Å². The second-order valence-electron chi connectivity index (χ2n) is 4.72. The lowest BCUT2D eigenvalue weighted by atomic mass is 10.2. The summed E-state index contributed by atoms with van der Waals surface area (Å²) in [6.07, 6.45) is 0. The van der Waals surface area contributed by atoms with Crippen molar-refractivity contribution < 1.29 is 13.2 Å². The van der Waals surface area contributed by atoms with Crippen molar-refractivity contribution in [1.82, 2.24) is 10.0 Å². The molecule has 0 bridgehead atoms. The molecule has 0 aliphatic carbocycles. The fourth-order valence-corrected chi connectivity index (χ4v) is 2.65. The third-order valence-corrected chi connectivity index (χ3v) is 4.71. The van der Waals surface area contributed by atoms with Crippen LogP contribution in [0.25, 0.3) is 0 Å². The van der Waals surface area contributed by atoms with Gasteiger partial charge in [0.15, 0.2) is 0 Å². The molecule has 5 nitrogen and oxygen atoms in total. The Bertz CT molecular complexity index is 503. The van der Waals surface area contributed by atoms with E-state index in [9.17, 15) is 8.42 Å². The molecule has 114 valence electrons. The van der Waals surface area contributed by atoms with E-state index in [1.165, 1.54) is 0 Å². The number of sulfonamides is 1. The molecule has 0 aliphatic heterocycles. The molecule has 0 saturated carbocycles. The van der Waals surface area contributed by atoms with Gasteiger partial charge in [-0.3, -0.25) is 0 Å². The Morgan fingerprint density at radius 3 is 2.75 bits per heavy atom. The van der Waals surface area contributed by atoms with Gasteiger partial charge in [-0.05, 0) is 38.1 Å². The molecule has 2 N–H and O–H groups in total. The zero-order chi connectivity index (χ0) is 15.0. The van der Waals surface area contributed by atoms with Crippen LogP contribution >= 0.6 is 0 Å². The lowest BCUT2D eigenvalue weighted by molar-refractivity contribution is 0.322. The van der Waals surface area contributed by atoms with Gasteiger partial charge in [0, 0.05) is 13.1 Å². The van der Waals surface area contributed by atoms with Crippen LogP contribution in [0.2, 0.25) is 0 Å². The quantitative estimate of drug-likeness (QED) is 0.674. The first kappa shape index (κ1) is 16.9. The first-order valence-electron chi connectivity index (χ1n) is 6.84. The van der Waals surface area contributed by atoms with Crippen LogP contribution < -0.4 is 14.8 Å². The number of rotatable bonds is 9. The summed E-state index contributed by atoms with van der Waals surface area (Å²) in [5.41, 5.74) is 1.11. The van der Waals surface area contributed by atoms with Gasteiger partial charge in [-0.15, -0.1) is 0 Å². The van der Waals surface area contributed by atoms with Crippen molar-refractivity contribution >= 4 is 10.0 Å². The standard InChI is InChI=1S/C14H24N2O3S/c1-4-15-11-13(3)20(17,18)16-8-9-19-14-7-5-6-12(2)10-14/h5-7,10,13,15-16H,4,8-9,11H2,1-3H3. The maximum absolute atomic E-state index is 11.9. The van der Waals surface area contributed by atoms with Crippen LogP contribution in [-0.4, -0.2) is 39.9 Å². The highest BCUT2D eigenvalue weighted by Crippen LogP contribution is 2.11. The van der Waals surface area contributed by atoms with Gasteiger partial charge < -0.3 is 10.1 Å². The summed E-state index contributed by atoms with van der Waals surface area (Å²) in [4.78, 5) is 0. The van der Waals surface area contributed by atoms with Crippen LogP contribution in [0.4, 0.5) is 0 Å². The van der Waals surface area contributed by atoms with E-state index in [0.29, 0.717) is 13.2 Å². The summed E-state index contributed by atoms with van der Waals surface area (Å²) in [7, 11) is -3.29. The zero-order valence-corrected chi connectivity index (χ0v) is 13.2. The van der Waals surface area contributed by atoms with E-state index in [1.807, 2.05) is 38.1 Å². The molecule has 1 rings (SSSR count). The highest BCUT2D eigenvalue weighted by atomic mass is 32.2. The molecule has 0 aromatic heterocycles. The van der Waals surface area contributed by atoms with Gasteiger partial charge in [-0.25, -0.2) is 13.1 Å². The van der Waals surface area contributed by atoms with Gasteiger partial charge in [-0.2, -0.15) is 0 Å². The molecule has 1 unspecified atom stereocenters. The van der Waals surface area contributed by atoms with Crippen molar-refractivity contribution in [3.63, 3.8) is 0 Å². The second kappa shape index (κ2) is 8.24. The third kappa shape index (κ3) is 5.90. The molecule has 1 aromatic rings. The Balaban J connectivity index is 2.33. The SMILES string of the molecule is CCNCC(C)S(=O)(=O)NCCOc1cccc(C)c1. The summed E-state index contributed by atoms with van der Waals surface area (Å²) >= 11 is 0. The average molecular weight is 300 g/mol. The maximum atomic E-state index is 11.9. The fourth-order valence-electron chi connectivity index (χ4n) is 1.66. The average Bonchev–Trinajstić information content (AvgIpc) is 2.41. The maximum Gasteiger partial charge on any atom is 0.215 e. The Hall–Kier alpha value is -1.11. The topological polar surface area (TPSA) is 67.4 Å². The van der Waals surface area contributed by atoms with Gasteiger partial charge >= 0.3 is 0 Å². The molecule has 20 heavy (non-hydrogen) atoms. The number of ether oxygens (including phenoxy) is 1. The number of benzene rings is 1. The van der Waals surface area contributed by atoms with E-state index in [2.05, 4.69) is 10.0 Å². The smallest absolute Gasteiger partial charge is 0.215 e. The van der Waals surface area contributed by atoms with Crippen LogP contribution in [0.5, 0.6) is 5.75 Å². The van der Waals surface area contributed by atoms with Crippen LogP contribution in [-0.2, 0) is 10.0 Å². The summed E-state index contributed by atoms with van der Waals surface area (Å²) in [5, 5.41) is 2.57. The molecule has 1 atom stereocenters. The summed E-state index contributed by atoms with van der Waals surface area (Å²) in [5.74, 6) is 0.755. The lowest BCUT2D eigenvalue weighted by Gasteiger charge is -2.14.